The predicted octanol–water partition coefficient (Wildman–Crippen LogP) is 3.49. The van der Waals surface area contributed by atoms with Gasteiger partial charge in [0.2, 0.25) is 0 Å². The first-order valence-corrected chi connectivity index (χ1v) is 5.30. The molecule has 11 heavy (non-hydrogen) atoms. The molecule has 0 aromatic heterocycles. The Hall–Kier alpha value is 0.230. The topological polar surface area (TPSA) is 12.0 Å². The molecular weight excluding hydrogens is 317 g/mol. The molecular formula is C8H9BrIN. The summed E-state index contributed by atoms with van der Waals surface area (Å²) in [5.74, 6) is 0. The lowest BCUT2D eigenvalue weighted by molar-refractivity contribution is 1.21. The average molecular weight is 326 g/mol. The number of anilines is 1. The normalized spacial score (nSPS) is 9.73. The molecule has 1 rings (SSSR count). The fourth-order valence-corrected chi connectivity index (χ4v) is 1.52. The fraction of sp³-hybridized carbons (Fsp3) is 0.250. The summed E-state index contributed by atoms with van der Waals surface area (Å²) in [6.45, 7) is 3.05. The summed E-state index contributed by atoms with van der Waals surface area (Å²) in [6, 6.07) is 6.25. The van der Waals surface area contributed by atoms with E-state index in [4.69, 9.17) is 0 Å². The molecule has 0 saturated carbocycles. The Morgan fingerprint density at radius 2 is 2.27 bits per heavy atom. The van der Waals surface area contributed by atoms with Crippen molar-refractivity contribution in [2.75, 3.05) is 11.9 Å². The van der Waals surface area contributed by atoms with Crippen LogP contribution in [0, 0.1) is 3.57 Å². The Morgan fingerprint density at radius 3 is 2.82 bits per heavy atom. The quantitative estimate of drug-likeness (QED) is 0.821. The maximum Gasteiger partial charge on any atom is 0.0352 e. The summed E-state index contributed by atoms with van der Waals surface area (Å²) >= 11 is 5.76. The van der Waals surface area contributed by atoms with Crippen LogP contribution in [0.25, 0.3) is 0 Å². The number of hydrogen-bond donors (Lipinski definition) is 1. The van der Waals surface area contributed by atoms with E-state index in [2.05, 4.69) is 69.0 Å². The molecule has 1 aromatic rings. The van der Waals surface area contributed by atoms with Crippen molar-refractivity contribution in [3.8, 4) is 0 Å². The van der Waals surface area contributed by atoms with Gasteiger partial charge in [-0.2, -0.15) is 0 Å². The lowest BCUT2D eigenvalue weighted by Crippen LogP contribution is -1.95. The van der Waals surface area contributed by atoms with Crippen molar-refractivity contribution in [3.05, 3.63) is 26.2 Å². The standard InChI is InChI=1S/C8H9BrIN/c1-2-11-6-3-4-8(10)7(9)5-6/h3-5,11H,2H2,1H3. The van der Waals surface area contributed by atoms with Gasteiger partial charge < -0.3 is 5.32 Å². The monoisotopic (exact) mass is 325 g/mol. The first-order valence-electron chi connectivity index (χ1n) is 3.43. The van der Waals surface area contributed by atoms with Crippen LogP contribution in [0.5, 0.6) is 0 Å². The second kappa shape index (κ2) is 4.30. The zero-order chi connectivity index (χ0) is 8.27. The largest absolute Gasteiger partial charge is 0.385 e. The third kappa shape index (κ3) is 2.63. The van der Waals surface area contributed by atoms with Crippen LogP contribution in [0.2, 0.25) is 0 Å². The zero-order valence-electron chi connectivity index (χ0n) is 6.20. The van der Waals surface area contributed by atoms with Crippen LogP contribution in [0.1, 0.15) is 6.92 Å². The lowest BCUT2D eigenvalue weighted by atomic mass is 10.3. The van der Waals surface area contributed by atoms with Gasteiger partial charge in [-0.3, -0.25) is 0 Å². The predicted molar refractivity (Wildman–Crippen MR) is 61.0 cm³/mol. The number of hydrogen-bond acceptors (Lipinski definition) is 1. The average Bonchev–Trinajstić information content (AvgIpc) is 1.98. The molecule has 0 heterocycles. The second-order valence-corrected chi connectivity index (χ2v) is 4.18. The van der Waals surface area contributed by atoms with Crippen LogP contribution >= 0.6 is 38.5 Å². The SMILES string of the molecule is CCNc1ccc(I)c(Br)c1. The summed E-state index contributed by atoms with van der Waals surface area (Å²) in [7, 11) is 0. The molecule has 0 aliphatic carbocycles. The highest BCUT2D eigenvalue weighted by Crippen LogP contribution is 2.22. The Bertz CT molecular complexity index is 250. The molecule has 0 atom stereocenters. The molecule has 1 nitrogen and oxygen atoms in total. The molecule has 0 aliphatic rings. The third-order valence-electron chi connectivity index (χ3n) is 1.30. The van der Waals surface area contributed by atoms with E-state index in [1.54, 1.807) is 0 Å². The van der Waals surface area contributed by atoms with Crippen molar-refractivity contribution in [3.63, 3.8) is 0 Å². The smallest absolute Gasteiger partial charge is 0.0352 e. The summed E-state index contributed by atoms with van der Waals surface area (Å²) in [4.78, 5) is 0. The van der Waals surface area contributed by atoms with Gasteiger partial charge >= 0.3 is 0 Å². The van der Waals surface area contributed by atoms with Gasteiger partial charge in [0.1, 0.15) is 0 Å². The maximum absolute atomic E-state index is 3.47. The molecule has 0 spiro atoms. The molecule has 0 amide bonds. The molecule has 0 saturated heterocycles. The minimum absolute atomic E-state index is 0.965. The van der Waals surface area contributed by atoms with Gasteiger partial charge in [-0.05, 0) is 63.6 Å². The minimum Gasteiger partial charge on any atom is -0.385 e. The molecule has 0 fully saturated rings. The number of halogens is 2. The van der Waals surface area contributed by atoms with Crippen LogP contribution in [0.4, 0.5) is 5.69 Å². The Morgan fingerprint density at radius 1 is 1.55 bits per heavy atom. The second-order valence-electron chi connectivity index (χ2n) is 2.16. The van der Waals surface area contributed by atoms with E-state index >= 15 is 0 Å². The van der Waals surface area contributed by atoms with E-state index < -0.39 is 0 Å². The minimum atomic E-state index is 0.965. The van der Waals surface area contributed by atoms with Crippen LogP contribution in [0.15, 0.2) is 22.7 Å². The van der Waals surface area contributed by atoms with Crippen molar-refractivity contribution < 1.29 is 0 Å². The molecule has 0 unspecified atom stereocenters. The number of rotatable bonds is 2. The lowest BCUT2D eigenvalue weighted by Gasteiger charge is -2.03. The highest BCUT2D eigenvalue weighted by atomic mass is 127. The zero-order valence-corrected chi connectivity index (χ0v) is 9.94. The summed E-state index contributed by atoms with van der Waals surface area (Å²) < 4.78 is 2.39. The third-order valence-corrected chi connectivity index (χ3v) is 3.64. The number of nitrogens with one attached hydrogen (secondary N) is 1. The van der Waals surface area contributed by atoms with Crippen LogP contribution in [0.3, 0.4) is 0 Å². The molecule has 1 N–H and O–H groups in total. The highest BCUT2D eigenvalue weighted by molar-refractivity contribution is 14.1. The van der Waals surface area contributed by atoms with Gasteiger partial charge in [0.15, 0.2) is 0 Å². The van der Waals surface area contributed by atoms with Crippen LogP contribution < -0.4 is 5.32 Å². The molecule has 0 radical (unpaired) electrons. The molecule has 60 valence electrons. The van der Waals surface area contributed by atoms with Crippen LogP contribution in [-0.2, 0) is 0 Å². The van der Waals surface area contributed by atoms with Crippen molar-refractivity contribution in [2.45, 2.75) is 6.92 Å². The van der Waals surface area contributed by atoms with E-state index in [-0.39, 0.29) is 0 Å². The van der Waals surface area contributed by atoms with E-state index in [0.29, 0.717) is 0 Å². The van der Waals surface area contributed by atoms with E-state index in [9.17, 15) is 0 Å². The maximum atomic E-state index is 3.47. The molecule has 1 aromatic carbocycles. The van der Waals surface area contributed by atoms with Gasteiger partial charge in [0.05, 0.1) is 0 Å². The van der Waals surface area contributed by atoms with Gasteiger partial charge in [0.25, 0.3) is 0 Å². The van der Waals surface area contributed by atoms with E-state index in [1.165, 1.54) is 9.26 Å². The van der Waals surface area contributed by atoms with Crippen molar-refractivity contribution >= 4 is 44.2 Å². The first kappa shape index (κ1) is 9.32. The first-order chi connectivity index (χ1) is 5.24. The summed E-state index contributed by atoms with van der Waals surface area (Å²) in [5, 5.41) is 3.24. The van der Waals surface area contributed by atoms with Gasteiger partial charge in [-0.15, -0.1) is 0 Å². The van der Waals surface area contributed by atoms with Gasteiger partial charge in [-0.25, -0.2) is 0 Å². The summed E-state index contributed by atoms with van der Waals surface area (Å²) in [5.41, 5.74) is 1.17. The fourth-order valence-electron chi connectivity index (χ4n) is 0.810. The highest BCUT2D eigenvalue weighted by Gasteiger charge is 1.95. The summed E-state index contributed by atoms with van der Waals surface area (Å²) in [6.07, 6.45) is 0. The number of benzene rings is 1. The van der Waals surface area contributed by atoms with E-state index in [1.807, 2.05) is 0 Å². The van der Waals surface area contributed by atoms with Crippen molar-refractivity contribution in [2.24, 2.45) is 0 Å². The Balaban J connectivity index is 2.86. The van der Waals surface area contributed by atoms with Gasteiger partial charge in [-0.1, -0.05) is 0 Å². The van der Waals surface area contributed by atoms with Crippen molar-refractivity contribution in [1.29, 1.82) is 0 Å². The molecule has 0 aliphatic heterocycles. The van der Waals surface area contributed by atoms with Gasteiger partial charge in [0, 0.05) is 20.3 Å². The molecule has 0 bridgehead atoms. The van der Waals surface area contributed by atoms with E-state index in [0.717, 1.165) is 11.0 Å². The Labute approximate surface area is 88.8 Å². The van der Waals surface area contributed by atoms with Crippen molar-refractivity contribution in [1.82, 2.24) is 0 Å². The van der Waals surface area contributed by atoms with Crippen LogP contribution in [-0.4, -0.2) is 6.54 Å². The Kier molecular flexibility index (Phi) is 3.65. The molecule has 3 heteroatoms.